The Morgan fingerprint density at radius 2 is 1.52 bits per heavy atom. The van der Waals surface area contributed by atoms with E-state index in [1.54, 1.807) is 7.05 Å². The standard InChI is InChI=1S/C21H25N3O4.HI/c1-22-21(23-8-7-15-3-5-18-20(11-15)28-14-27-18)24-13-16-4-6-17-19(12-16)26-10-2-9-25-17;/h3-6,11-12H,2,7-10,13-14H2,1H3,(H2,22,23,24);1H. The fraction of sp³-hybridized carbons (Fsp3) is 0.381. The van der Waals surface area contributed by atoms with Crippen LogP contribution < -0.4 is 29.6 Å². The van der Waals surface area contributed by atoms with E-state index in [-0.39, 0.29) is 24.0 Å². The van der Waals surface area contributed by atoms with Gasteiger partial charge in [0.2, 0.25) is 6.79 Å². The summed E-state index contributed by atoms with van der Waals surface area (Å²) >= 11 is 0. The summed E-state index contributed by atoms with van der Waals surface area (Å²) in [6.07, 6.45) is 1.77. The molecular weight excluding hydrogens is 485 g/mol. The van der Waals surface area contributed by atoms with E-state index in [0.717, 1.165) is 53.9 Å². The smallest absolute Gasteiger partial charge is 0.231 e. The molecule has 2 aliphatic heterocycles. The van der Waals surface area contributed by atoms with Crippen LogP contribution in [0.5, 0.6) is 23.0 Å². The lowest BCUT2D eigenvalue weighted by Crippen LogP contribution is -2.37. The van der Waals surface area contributed by atoms with E-state index in [1.165, 1.54) is 5.56 Å². The van der Waals surface area contributed by atoms with Crippen molar-refractivity contribution in [2.75, 3.05) is 33.6 Å². The molecule has 0 aliphatic carbocycles. The maximum absolute atomic E-state index is 5.75. The predicted molar refractivity (Wildman–Crippen MR) is 122 cm³/mol. The summed E-state index contributed by atoms with van der Waals surface area (Å²) < 4.78 is 22.2. The number of guanidine groups is 1. The van der Waals surface area contributed by atoms with E-state index in [0.29, 0.717) is 26.6 Å². The Morgan fingerprint density at radius 1 is 0.862 bits per heavy atom. The van der Waals surface area contributed by atoms with E-state index in [1.807, 2.05) is 30.3 Å². The highest BCUT2D eigenvalue weighted by Crippen LogP contribution is 2.32. The van der Waals surface area contributed by atoms with E-state index < -0.39 is 0 Å². The molecule has 2 N–H and O–H groups in total. The summed E-state index contributed by atoms with van der Waals surface area (Å²) in [4.78, 5) is 4.29. The molecular formula is C21H26IN3O4. The lowest BCUT2D eigenvalue weighted by atomic mass is 10.1. The Bertz CT molecular complexity index is 860. The molecule has 8 heteroatoms. The highest BCUT2D eigenvalue weighted by atomic mass is 127. The molecule has 0 aromatic heterocycles. The first-order valence-corrected chi connectivity index (χ1v) is 9.53. The minimum Gasteiger partial charge on any atom is -0.490 e. The van der Waals surface area contributed by atoms with Gasteiger partial charge in [-0.3, -0.25) is 4.99 Å². The van der Waals surface area contributed by atoms with E-state index >= 15 is 0 Å². The molecule has 2 aromatic rings. The lowest BCUT2D eigenvalue weighted by Gasteiger charge is -2.13. The van der Waals surface area contributed by atoms with Crippen LogP contribution in [-0.2, 0) is 13.0 Å². The number of hydrogen-bond donors (Lipinski definition) is 2. The van der Waals surface area contributed by atoms with Crippen LogP contribution in [0, 0.1) is 0 Å². The van der Waals surface area contributed by atoms with Gasteiger partial charge in [-0.2, -0.15) is 0 Å². The summed E-state index contributed by atoms with van der Waals surface area (Å²) in [6.45, 7) is 3.10. The first kappa shape index (κ1) is 21.4. The van der Waals surface area contributed by atoms with Crippen LogP contribution in [0.4, 0.5) is 0 Å². The largest absolute Gasteiger partial charge is 0.490 e. The number of halogens is 1. The van der Waals surface area contributed by atoms with Gasteiger partial charge in [0, 0.05) is 26.6 Å². The number of fused-ring (bicyclic) bond motifs is 2. The van der Waals surface area contributed by atoms with Crippen molar-refractivity contribution in [1.82, 2.24) is 10.6 Å². The van der Waals surface area contributed by atoms with Crippen molar-refractivity contribution in [3.63, 3.8) is 0 Å². The van der Waals surface area contributed by atoms with Crippen molar-refractivity contribution in [3.8, 4) is 23.0 Å². The van der Waals surface area contributed by atoms with Gasteiger partial charge in [-0.1, -0.05) is 12.1 Å². The fourth-order valence-corrected chi connectivity index (χ4v) is 3.15. The summed E-state index contributed by atoms with van der Waals surface area (Å²) in [5.74, 6) is 4.00. The summed E-state index contributed by atoms with van der Waals surface area (Å²) in [5.41, 5.74) is 2.30. The normalized spacial score (nSPS) is 14.6. The SMILES string of the molecule is CN=C(NCCc1ccc2c(c1)OCO2)NCc1ccc2c(c1)OCCCO2.I. The Balaban J connectivity index is 0.00000240. The van der Waals surface area contributed by atoms with Crippen LogP contribution in [0.1, 0.15) is 17.5 Å². The second kappa shape index (κ2) is 10.4. The Morgan fingerprint density at radius 3 is 2.34 bits per heavy atom. The number of ether oxygens (including phenoxy) is 4. The average Bonchev–Trinajstić information content (AvgIpc) is 3.06. The highest BCUT2D eigenvalue weighted by molar-refractivity contribution is 14.0. The monoisotopic (exact) mass is 511 g/mol. The molecule has 2 aromatic carbocycles. The molecule has 0 radical (unpaired) electrons. The van der Waals surface area contributed by atoms with Crippen LogP contribution in [0.15, 0.2) is 41.4 Å². The molecule has 2 heterocycles. The number of benzene rings is 2. The number of nitrogens with one attached hydrogen (secondary N) is 2. The van der Waals surface area contributed by atoms with Crippen molar-refractivity contribution in [2.45, 2.75) is 19.4 Å². The Labute approximate surface area is 187 Å². The number of aliphatic imine (C=N–C) groups is 1. The first-order valence-electron chi connectivity index (χ1n) is 9.53. The third kappa shape index (κ3) is 5.59. The van der Waals surface area contributed by atoms with Gasteiger partial charge in [-0.05, 0) is 41.8 Å². The van der Waals surface area contributed by atoms with E-state index in [4.69, 9.17) is 18.9 Å². The summed E-state index contributed by atoms with van der Waals surface area (Å²) in [7, 11) is 1.77. The molecule has 0 unspecified atom stereocenters. The van der Waals surface area contributed by atoms with E-state index in [9.17, 15) is 0 Å². The van der Waals surface area contributed by atoms with Crippen molar-refractivity contribution >= 4 is 29.9 Å². The van der Waals surface area contributed by atoms with Gasteiger partial charge >= 0.3 is 0 Å². The predicted octanol–water partition coefficient (Wildman–Crippen LogP) is 3.10. The van der Waals surface area contributed by atoms with Crippen molar-refractivity contribution < 1.29 is 18.9 Å². The van der Waals surface area contributed by atoms with Crippen molar-refractivity contribution in [3.05, 3.63) is 47.5 Å². The van der Waals surface area contributed by atoms with Gasteiger partial charge < -0.3 is 29.6 Å². The highest BCUT2D eigenvalue weighted by Gasteiger charge is 2.13. The minimum atomic E-state index is 0. The van der Waals surface area contributed by atoms with Crippen LogP contribution in [0.2, 0.25) is 0 Å². The Hall–Kier alpha value is -2.36. The Kier molecular flexibility index (Phi) is 7.68. The molecule has 2 aliphatic rings. The van der Waals surface area contributed by atoms with Gasteiger partial charge in [0.15, 0.2) is 29.0 Å². The summed E-state index contributed by atoms with van der Waals surface area (Å²) in [5, 5.41) is 6.67. The molecule has 156 valence electrons. The fourth-order valence-electron chi connectivity index (χ4n) is 3.15. The molecule has 0 fully saturated rings. The zero-order chi connectivity index (χ0) is 19.2. The maximum atomic E-state index is 5.75. The van der Waals surface area contributed by atoms with E-state index in [2.05, 4.69) is 21.7 Å². The topological polar surface area (TPSA) is 73.3 Å². The number of rotatable bonds is 5. The van der Waals surface area contributed by atoms with Gasteiger partial charge in [0.05, 0.1) is 13.2 Å². The second-order valence-electron chi connectivity index (χ2n) is 6.62. The molecule has 4 rings (SSSR count). The zero-order valence-electron chi connectivity index (χ0n) is 16.4. The lowest BCUT2D eigenvalue weighted by molar-refractivity contribution is 0.174. The average molecular weight is 511 g/mol. The minimum absolute atomic E-state index is 0. The van der Waals surface area contributed by atoms with Crippen LogP contribution >= 0.6 is 24.0 Å². The molecule has 0 bridgehead atoms. The molecule has 0 saturated carbocycles. The molecule has 0 spiro atoms. The second-order valence-corrected chi connectivity index (χ2v) is 6.62. The van der Waals surface area contributed by atoms with Crippen molar-refractivity contribution in [2.24, 2.45) is 4.99 Å². The zero-order valence-corrected chi connectivity index (χ0v) is 18.7. The third-order valence-corrected chi connectivity index (χ3v) is 4.64. The quantitative estimate of drug-likeness (QED) is 0.365. The van der Waals surface area contributed by atoms with Crippen LogP contribution in [0.25, 0.3) is 0 Å². The van der Waals surface area contributed by atoms with Crippen LogP contribution in [-0.4, -0.2) is 39.6 Å². The molecule has 0 saturated heterocycles. The van der Waals surface area contributed by atoms with Gasteiger partial charge in [0.1, 0.15) is 0 Å². The van der Waals surface area contributed by atoms with Gasteiger partial charge in [-0.25, -0.2) is 0 Å². The number of hydrogen-bond acceptors (Lipinski definition) is 5. The molecule has 29 heavy (non-hydrogen) atoms. The van der Waals surface area contributed by atoms with Crippen molar-refractivity contribution in [1.29, 1.82) is 0 Å². The van der Waals surface area contributed by atoms with Crippen LogP contribution in [0.3, 0.4) is 0 Å². The number of nitrogens with zero attached hydrogens (tertiary/aromatic N) is 1. The molecule has 0 amide bonds. The van der Waals surface area contributed by atoms with Gasteiger partial charge in [-0.15, -0.1) is 24.0 Å². The maximum Gasteiger partial charge on any atom is 0.231 e. The molecule has 7 nitrogen and oxygen atoms in total. The third-order valence-electron chi connectivity index (χ3n) is 4.64. The summed E-state index contributed by atoms with van der Waals surface area (Å²) in [6, 6.07) is 12.1. The van der Waals surface area contributed by atoms with Gasteiger partial charge in [0.25, 0.3) is 0 Å². The molecule has 0 atom stereocenters. The first-order chi connectivity index (χ1) is 13.8.